The summed E-state index contributed by atoms with van der Waals surface area (Å²) >= 11 is 0. The van der Waals surface area contributed by atoms with E-state index >= 15 is 0 Å². The van der Waals surface area contributed by atoms with Crippen molar-refractivity contribution in [3.63, 3.8) is 0 Å². The fourth-order valence-electron chi connectivity index (χ4n) is 3.85. The number of hydrogen-bond donors (Lipinski definition) is 0. The van der Waals surface area contributed by atoms with Crippen LogP contribution in [0, 0.1) is 0 Å². The molecule has 2 aliphatic rings. The van der Waals surface area contributed by atoms with Gasteiger partial charge in [-0.05, 0) is 42.0 Å². The third-order valence-electron chi connectivity index (χ3n) is 5.22. The summed E-state index contributed by atoms with van der Waals surface area (Å²) < 4.78 is 7.39. The number of rotatable bonds is 2. The molecular weight excluding hydrogens is 362 g/mol. The van der Waals surface area contributed by atoms with E-state index in [1.807, 2.05) is 46.9 Å². The highest BCUT2D eigenvalue weighted by Gasteiger charge is 2.22. The van der Waals surface area contributed by atoms with Crippen molar-refractivity contribution in [3.05, 3.63) is 72.9 Å². The van der Waals surface area contributed by atoms with Crippen LogP contribution in [0.3, 0.4) is 0 Å². The zero-order valence-corrected chi connectivity index (χ0v) is 15.6. The molecule has 0 saturated carbocycles. The van der Waals surface area contributed by atoms with Gasteiger partial charge >= 0.3 is 0 Å². The Morgan fingerprint density at radius 1 is 0.862 bits per heavy atom. The van der Waals surface area contributed by atoms with Gasteiger partial charge < -0.3 is 4.74 Å². The maximum Gasteiger partial charge on any atom is 0.170 e. The Bertz CT molecular complexity index is 1490. The first-order chi connectivity index (χ1) is 14.3. The number of methoxy groups -OCH3 is 1. The molecule has 0 aliphatic carbocycles. The molecule has 0 N–H and O–H groups in total. The van der Waals surface area contributed by atoms with Crippen LogP contribution >= 0.6 is 0 Å². The summed E-state index contributed by atoms with van der Waals surface area (Å²) in [7, 11) is 1.65. The number of benzene rings is 2. The minimum absolute atomic E-state index is 0.727. The van der Waals surface area contributed by atoms with Crippen LogP contribution in [0.4, 0.5) is 0 Å². The van der Waals surface area contributed by atoms with E-state index in [0.717, 1.165) is 56.0 Å². The van der Waals surface area contributed by atoms with Crippen molar-refractivity contribution in [2.45, 2.75) is 0 Å². The number of ether oxygens (including phenoxy) is 1. The summed E-state index contributed by atoms with van der Waals surface area (Å²) in [6.07, 6.45) is 1.79. The summed E-state index contributed by atoms with van der Waals surface area (Å²) in [5, 5.41) is 11.1. The number of hydrogen-bond acceptors (Lipinski definition) is 5. The van der Waals surface area contributed by atoms with Gasteiger partial charge in [0, 0.05) is 22.5 Å². The lowest BCUT2D eigenvalue weighted by Gasteiger charge is -2.13. The molecule has 0 saturated heterocycles. The van der Waals surface area contributed by atoms with Gasteiger partial charge in [0.1, 0.15) is 17.1 Å². The Kier molecular flexibility index (Phi) is 3.28. The standard InChI is InChI=1S/C23H15N5O/c1-29-16-9-10-19-18(13-16)20-23(25-19)28-21-15(8-5-11-24-21)12-17(22(28)27-26-20)14-6-3-2-4-7-14/h2-13H,1H3. The van der Waals surface area contributed by atoms with Gasteiger partial charge in [-0.15, -0.1) is 10.2 Å². The molecule has 6 nitrogen and oxygen atoms in total. The molecule has 138 valence electrons. The fourth-order valence-corrected chi connectivity index (χ4v) is 3.85. The molecule has 0 radical (unpaired) electrons. The van der Waals surface area contributed by atoms with E-state index in [2.05, 4.69) is 39.4 Å². The zero-order valence-electron chi connectivity index (χ0n) is 15.6. The van der Waals surface area contributed by atoms with E-state index in [9.17, 15) is 0 Å². The molecule has 4 aromatic rings. The summed E-state index contributed by atoms with van der Waals surface area (Å²) in [5.74, 6) is 1.50. The van der Waals surface area contributed by atoms with Crippen LogP contribution in [0.25, 0.3) is 50.2 Å². The van der Waals surface area contributed by atoms with Crippen molar-refractivity contribution in [3.8, 4) is 28.4 Å². The summed E-state index contributed by atoms with van der Waals surface area (Å²) in [6, 6.07) is 22.1. The Labute approximate surface area is 165 Å². The lowest BCUT2D eigenvalue weighted by atomic mass is 10.1. The molecule has 4 heterocycles. The van der Waals surface area contributed by atoms with Gasteiger partial charge in [-0.3, -0.25) is 4.40 Å². The van der Waals surface area contributed by atoms with E-state index in [1.165, 1.54) is 0 Å². The van der Waals surface area contributed by atoms with Gasteiger partial charge in [-0.25, -0.2) is 9.97 Å². The number of nitrogens with zero attached hydrogens (tertiary/aromatic N) is 5. The quantitative estimate of drug-likeness (QED) is 0.413. The van der Waals surface area contributed by atoms with Crippen molar-refractivity contribution in [2.24, 2.45) is 0 Å². The second-order valence-corrected chi connectivity index (χ2v) is 6.87. The normalized spacial score (nSPS) is 11.6. The summed E-state index contributed by atoms with van der Waals surface area (Å²) in [5.41, 5.74) is 5.17. The third kappa shape index (κ3) is 2.29. The molecule has 0 spiro atoms. The molecule has 2 aromatic carbocycles. The van der Waals surface area contributed by atoms with Gasteiger partial charge in [-0.2, -0.15) is 0 Å². The van der Waals surface area contributed by atoms with Gasteiger partial charge in [0.05, 0.1) is 12.6 Å². The first-order valence-electron chi connectivity index (χ1n) is 9.29. The molecule has 6 rings (SSSR count). The van der Waals surface area contributed by atoms with Crippen molar-refractivity contribution >= 4 is 27.6 Å². The Morgan fingerprint density at radius 2 is 1.76 bits per heavy atom. The first-order valence-corrected chi connectivity index (χ1v) is 9.29. The third-order valence-corrected chi connectivity index (χ3v) is 5.22. The largest absolute Gasteiger partial charge is 0.497 e. The predicted molar refractivity (Wildman–Crippen MR) is 112 cm³/mol. The molecule has 0 unspecified atom stereocenters. The zero-order chi connectivity index (χ0) is 19.4. The number of aromatic nitrogens is 5. The van der Waals surface area contributed by atoms with Gasteiger partial charge in [0.25, 0.3) is 0 Å². The Balaban J connectivity index is 1.81. The molecular formula is C23H15N5O. The van der Waals surface area contributed by atoms with E-state index in [-0.39, 0.29) is 0 Å². The highest BCUT2D eigenvalue weighted by atomic mass is 16.5. The second-order valence-electron chi connectivity index (χ2n) is 6.87. The monoisotopic (exact) mass is 377 g/mol. The van der Waals surface area contributed by atoms with E-state index in [0.29, 0.717) is 0 Å². The Morgan fingerprint density at radius 3 is 2.62 bits per heavy atom. The average molecular weight is 377 g/mol. The van der Waals surface area contributed by atoms with Crippen LogP contribution in [0.2, 0.25) is 0 Å². The fraction of sp³-hybridized carbons (Fsp3) is 0.0435. The summed E-state index contributed by atoms with van der Waals surface area (Å²) in [4.78, 5) is 9.50. The maximum atomic E-state index is 5.38. The second kappa shape index (κ2) is 5.97. The molecule has 0 fully saturated rings. The predicted octanol–water partition coefficient (Wildman–Crippen LogP) is 4.61. The topological polar surface area (TPSA) is 65.2 Å². The van der Waals surface area contributed by atoms with Crippen LogP contribution in [0.5, 0.6) is 5.75 Å². The van der Waals surface area contributed by atoms with Crippen molar-refractivity contribution in [2.75, 3.05) is 7.11 Å². The van der Waals surface area contributed by atoms with Crippen molar-refractivity contribution < 1.29 is 4.74 Å². The summed E-state index contributed by atoms with van der Waals surface area (Å²) in [6.45, 7) is 0. The van der Waals surface area contributed by atoms with Crippen LogP contribution < -0.4 is 4.74 Å². The molecule has 29 heavy (non-hydrogen) atoms. The van der Waals surface area contributed by atoms with E-state index < -0.39 is 0 Å². The Hall–Kier alpha value is -4.06. The lowest BCUT2D eigenvalue weighted by Crippen LogP contribution is -2.05. The molecule has 0 amide bonds. The van der Waals surface area contributed by atoms with Crippen molar-refractivity contribution in [1.82, 2.24) is 24.6 Å². The highest BCUT2D eigenvalue weighted by molar-refractivity contribution is 5.98. The minimum Gasteiger partial charge on any atom is -0.497 e. The van der Waals surface area contributed by atoms with Crippen LogP contribution in [-0.4, -0.2) is 31.7 Å². The van der Waals surface area contributed by atoms with Crippen molar-refractivity contribution in [1.29, 1.82) is 0 Å². The molecule has 2 aliphatic heterocycles. The number of pyridine rings is 2. The van der Waals surface area contributed by atoms with Crippen LogP contribution in [-0.2, 0) is 0 Å². The van der Waals surface area contributed by atoms with Gasteiger partial charge in [0.15, 0.2) is 11.5 Å². The first kappa shape index (κ1) is 15.9. The number of fused-ring (bicyclic) bond motifs is 7. The maximum absolute atomic E-state index is 5.38. The molecule has 2 aromatic heterocycles. The van der Waals surface area contributed by atoms with E-state index in [4.69, 9.17) is 9.72 Å². The lowest BCUT2D eigenvalue weighted by molar-refractivity contribution is 0.415. The van der Waals surface area contributed by atoms with Gasteiger partial charge in [0.2, 0.25) is 0 Å². The SMILES string of the molecule is COc1ccc2nc3n4c(nnc-3c2c1)c(-c1ccccc1)cc1cccnc14. The smallest absolute Gasteiger partial charge is 0.170 e. The minimum atomic E-state index is 0.727. The van der Waals surface area contributed by atoms with Crippen LogP contribution in [0.15, 0.2) is 72.9 Å². The molecule has 0 atom stereocenters. The average Bonchev–Trinajstić information content (AvgIpc) is 3.16. The molecule has 0 bridgehead atoms. The van der Waals surface area contributed by atoms with E-state index in [1.54, 1.807) is 13.3 Å². The molecule has 6 heteroatoms. The van der Waals surface area contributed by atoms with Crippen LogP contribution in [0.1, 0.15) is 0 Å². The van der Waals surface area contributed by atoms with Gasteiger partial charge in [-0.1, -0.05) is 30.3 Å². The highest BCUT2D eigenvalue weighted by Crippen LogP contribution is 2.35.